The number of hydrogen-bond acceptors (Lipinski definition) is 7. The minimum Gasteiger partial charge on any atom is -0.490 e. The maximum atomic E-state index is 6.80. The van der Waals surface area contributed by atoms with Gasteiger partial charge >= 0.3 is 0 Å². The van der Waals surface area contributed by atoms with Crippen molar-refractivity contribution in [1.82, 2.24) is 4.98 Å². The van der Waals surface area contributed by atoms with Gasteiger partial charge in [-0.2, -0.15) is 0 Å². The van der Waals surface area contributed by atoms with E-state index in [-0.39, 0.29) is 0 Å². The maximum Gasteiger partial charge on any atom is 0.203 e. The van der Waals surface area contributed by atoms with E-state index < -0.39 is 0 Å². The average Bonchev–Trinajstić information content (AvgIpc) is 0.840. The van der Waals surface area contributed by atoms with Gasteiger partial charge in [0.1, 0.15) is 0 Å². The molecular weight excluding hydrogens is 1230 g/mol. The number of hydrogen-bond donors (Lipinski definition) is 0. The Labute approximate surface area is 620 Å². The molecule has 3 aromatic rings. The third kappa shape index (κ3) is 51.1. The van der Waals surface area contributed by atoms with Gasteiger partial charge < -0.3 is 28.4 Å². The van der Waals surface area contributed by atoms with Crippen LogP contribution >= 0.6 is 0 Å². The smallest absolute Gasteiger partial charge is 0.203 e. The van der Waals surface area contributed by atoms with Crippen LogP contribution in [0.3, 0.4) is 0 Å². The number of ether oxygens (including phenoxy) is 6. The normalized spacial score (nSPS) is 11.7. The highest BCUT2D eigenvalue weighted by atomic mass is 16.5. The molecule has 0 aliphatic rings. The highest BCUT2D eigenvalue weighted by Crippen LogP contribution is 2.42. The molecule has 0 unspecified atom stereocenters. The van der Waals surface area contributed by atoms with E-state index in [1.165, 1.54) is 347 Å². The number of nitrogens with zero attached hydrogens (tertiary/aromatic N) is 1. The Morgan fingerprint density at radius 2 is 0.380 bits per heavy atom. The lowest BCUT2D eigenvalue weighted by atomic mass is 10.1. The molecule has 0 saturated heterocycles. The average molecular weight is 1390 g/mol. The molecule has 0 aliphatic heterocycles. The van der Waals surface area contributed by atoms with Crippen LogP contribution in [0, 0.1) is 0 Å². The predicted octanol–water partition coefficient (Wildman–Crippen LogP) is 31.2. The van der Waals surface area contributed by atoms with Crippen LogP contribution in [0.15, 0.2) is 42.5 Å². The van der Waals surface area contributed by atoms with Gasteiger partial charge in [0.25, 0.3) is 0 Å². The van der Waals surface area contributed by atoms with E-state index in [0.717, 1.165) is 95.5 Å². The molecule has 0 N–H and O–H groups in total. The molecule has 0 bridgehead atoms. The van der Waals surface area contributed by atoms with Crippen molar-refractivity contribution < 1.29 is 28.4 Å². The van der Waals surface area contributed by atoms with Gasteiger partial charge in [-0.1, -0.05) is 406 Å². The molecule has 0 aliphatic carbocycles. The largest absolute Gasteiger partial charge is 0.490 e. The lowest BCUT2D eigenvalue weighted by molar-refractivity contribution is 0.234. The van der Waals surface area contributed by atoms with E-state index in [1.807, 2.05) is 0 Å². The number of pyridine rings is 1. The lowest BCUT2D eigenvalue weighted by Crippen LogP contribution is -2.07. The Kier molecular flexibility index (Phi) is 62.4. The van der Waals surface area contributed by atoms with Crippen LogP contribution in [-0.2, 0) is 0 Å². The highest BCUT2D eigenvalue weighted by molar-refractivity contribution is 5.74. The van der Waals surface area contributed by atoms with Crippen LogP contribution in [0.25, 0.3) is 24.3 Å². The van der Waals surface area contributed by atoms with E-state index in [1.54, 1.807) is 0 Å². The lowest BCUT2D eigenvalue weighted by Gasteiger charge is -2.18. The molecule has 100 heavy (non-hydrogen) atoms. The summed E-state index contributed by atoms with van der Waals surface area (Å²) in [5.41, 5.74) is 3.83. The fourth-order valence-corrected chi connectivity index (χ4v) is 13.7. The van der Waals surface area contributed by atoms with E-state index in [4.69, 9.17) is 33.4 Å². The Morgan fingerprint density at radius 3 is 0.570 bits per heavy atom. The van der Waals surface area contributed by atoms with Crippen LogP contribution in [0.5, 0.6) is 34.5 Å². The molecule has 7 heteroatoms. The van der Waals surface area contributed by atoms with Crippen LogP contribution in [0.2, 0.25) is 0 Å². The Bertz CT molecular complexity index is 2060. The highest BCUT2D eigenvalue weighted by Gasteiger charge is 2.18. The van der Waals surface area contributed by atoms with E-state index in [2.05, 4.69) is 108 Å². The van der Waals surface area contributed by atoms with Gasteiger partial charge in [-0.15, -0.1) is 0 Å². The number of rotatable bonds is 76. The predicted molar refractivity (Wildman–Crippen MR) is 439 cm³/mol. The first-order valence-electron chi connectivity index (χ1n) is 44.0. The van der Waals surface area contributed by atoms with Crippen LogP contribution < -0.4 is 28.4 Å². The van der Waals surface area contributed by atoms with E-state index in [9.17, 15) is 0 Å². The Hall–Kier alpha value is -4.13. The second-order valence-corrected chi connectivity index (χ2v) is 30.0. The molecule has 3 rings (SSSR count). The van der Waals surface area contributed by atoms with Crippen molar-refractivity contribution in [2.45, 2.75) is 427 Å². The summed E-state index contributed by atoms with van der Waals surface area (Å²) in [6, 6.07) is 15.0. The van der Waals surface area contributed by atoms with E-state index in [0.29, 0.717) is 39.6 Å². The summed E-state index contributed by atoms with van der Waals surface area (Å²) in [5, 5.41) is 0. The second-order valence-electron chi connectivity index (χ2n) is 30.0. The summed E-state index contributed by atoms with van der Waals surface area (Å²) in [6.45, 7) is 17.8. The van der Waals surface area contributed by atoms with Gasteiger partial charge in [0.2, 0.25) is 11.5 Å². The second kappa shape index (κ2) is 69.3. The molecule has 1 aromatic heterocycles. The van der Waals surface area contributed by atoms with Gasteiger partial charge in [0.05, 0.1) is 51.0 Å². The minimum atomic E-state index is 0.665. The molecule has 2 aromatic carbocycles. The van der Waals surface area contributed by atoms with Crippen LogP contribution in [0.1, 0.15) is 449 Å². The topological polar surface area (TPSA) is 68.3 Å². The Morgan fingerprint density at radius 1 is 0.210 bits per heavy atom. The quantitative estimate of drug-likeness (QED) is 0.0522. The van der Waals surface area contributed by atoms with Crippen molar-refractivity contribution in [3.8, 4) is 34.5 Å². The number of aromatic nitrogens is 1. The van der Waals surface area contributed by atoms with Crippen molar-refractivity contribution in [2.24, 2.45) is 0 Å². The van der Waals surface area contributed by atoms with Gasteiger partial charge in [-0.05, 0) is 98.2 Å². The van der Waals surface area contributed by atoms with Gasteiger partial charge in [-0.25, -0.2) is 4.98 Å². The number of benzene rings is 2. The summed E-state index contributed by atoms with van der Waals surface area (Å²) in [4.78, 5) is 5.20. The molecule has 0 amide bonds. The molecule has 0 radical (unpaired) electrons. The van der Waals surface area contributed by atoms with Crippen molar-refractivity contribution in [3.05, 3.63) is 65.0 Å². The Balaban J connectivity index is 1.92. The first-order valence-corrected chi connectivity index (χ1v) is 44.0. The SMILES string of the molecule is CCCCCCCCCCCCOc1cc(/C=C/c2cccc(/C=C/c3cc(OCCCCCCCCCCCC)c(OCCCCCCCCCCCC)c(OCCCCCCCCCCCC)c3)n2)cc(OCCCCCCCCCCCC)c1OCCCCCCCCCCCC. The maximum absolute atomic E-state index is 6.80. The zero-order valence-corrected chi connectivity index (χ0v) is 66.9. The van der Waals surface area contributed by atoms with Crippen molar-refractivity contribution in [1.29, 1.82) is 0 Å². The molecule has 574 valence electrons. The summed E-state index contributed by atoms with van der Waals surface area (Å²) >= 11 is 0. The zero-order valence-electron chi connectivity index (χ0n) is 66.9. The van der Waals surface area contributed by atoms with Gasteiger partial charge in [-0.3, -0.25) is 0 Å². The van der Waals surface area contributed by atoms with Crippen LogP contribution in [0.4, 0.5) is 0 Å². The summed E-state index contributed by atoms with van der Waals surface area (Å²) in [6.07, 6.45) is 86.3. The van der Waals surface area contributed by atoms with Gasteiger partial charge in [0, 0.05) is 0 Å². The molecular formula is C93H161NO6. The van der Waals surface area contributed by atoms with Crippen molar-refractivity contribution in [2.75, 3.05) is 39.6 Å². The summed E-state index contributed by atoms with van der Waals surface area (Å²) in [7, 11) is 0. The molecule has 0 saturated carbocycles. The first-order chi connectivity index (χ1) is 49.6. The molecule has 1 heterocycles. The molecule has 0 atom stereocenters. The van der Waals surface area contributed by atoms with Crippen molar-refractivity contribution in [3.63, 3.8) is 0 Å². The minimum absolute atomic E-state index is 0.665. The standard InChI is InChI=1S/C93H161NO6/c1-7-13-19-25-31-37-43-49-55-61-74-95-88-80-84(81-89(96-75-62-56-50-44-38-32-26-20-14-8-2)92(88)99-78-65-59-53-47-41-35-29-23-17-11-5)70-72-86-68-67-69-87(94-86)73-71-85-82-90(97-76-63-57-51-45-39-33-27-21-15-9-3)93(100-79-66-60-54-48-42-36-30-24-18-12-6)91(83-85)98-77-64-58-52-46-40-34-28-22-16-10-4/h67-73,80-83H,7-66,74-79H2,1-6H3/b72-70+,73-71+. The first kappa shape index (κ1) is 90.1. The van der Waals surface area contributed by atoms with E-state index >= 15 is 0 Å². The monoisotopic (exact) mass is 1390 g/mol. The molecule has 7 nitrogen and oxygen atoms in total. The third-order valence-corrected chi connectivity index (χ3v) is 20.3. The fourth-order valence-electron chi connectivity index (χ4n) is 13.7. The van der Waals surface area contributed by atoms with Crippen LogP contribution in [-0.4, -0.2) is 44.6 Å². The summed E-state index contributed by atoms with van der Waals surface area (Å²) < 4.78 is 40.8. The van der Waals surface area contributed by atoms with Gasteiger partial charge in [0.15, 0.2) is 23.0 Å². The third-order valence-electron chi connectivity index (χ3n) is 20.3. The molecule has 0 fully saturated rings. The summed E-state index contributed by atoms with van der Waals surface area (Å²) in [5.74, 6) is 4.71. The fraction of sp³-hybridized carbons (Fsp3) is 0.774. The number of unbranched alkanes of at least 4 members (excludes halogenated alkanes) is 54. The zero-order chi connectivity index (χ0) is 71.2. The molecule has 0 spiro atoms. The van der Waals surface area contributed by atoms with Crippen molar-refractivity contribution >= 4 is 24.3 Å².